The van der Waals surface area contributed by atoms with Crippen LogP contribution in [0.1, 0.15) is 10.7 Å². The summed E-state index contributed by atoms with van der Waals surface area (Å²) in [6.07, 6.45) is -2.83. The lowest BCUT2D eigenvalue weighted by molar-refractivity contribution is -0.165. The lowest BCUT2D eigenvalue weighted by atomic mass is 10.1. The second kappa shape index (κ2) is 7.74. The van der Waals surface area contributed by atoms with E-state index >= 15 is 0 Å². The van der Waals surface area contributed by atoms with E-state index in [0.717, 1.165) is 11.3 Å². The molecule has 0 unspecified atom stereocenters. The standard InChI is InChI=1S/C14H11F3N4O2S2/c1-7-19-12(21-13(20-7)24-2)18-6-8(11(23)14(15,16)17)10(22)9-4-3-5-25-9/h3-6,22H,1-2H3. The predicted octanol–water partition coefficient (Wildman–Crippen LogP) is 3.77. The molecule has 2 aromatic rings. The third-order valence-electron chi connectivity index (χ3n) is 2.72. The van der Waals surface area contributed by atoms with Gasteiger partial charge in [0.15, 0.2) is 5.16 Å². The van der Waals surface area contributed by atoms with Gasteiger partial charge in [0, 0.05) is 6.21 Å². The van der Waals surface area contributed by atoms with Crippen LogP contribution in [-0.2, 0) is 4.79 Å². The number of rotatable bonds is 5. The average molecular weight is 388 g/mol. The number of aryl methyl sites for hydroxylation is 1. The number of aromatic nitrogens is 3. The zero-order valence-electron chi connectivity index (χ0n) is 12.9. The molecule has 1 N–H and O–H groups in total. The highest BCUT2D eigenvalue weighted by atomic mass is 32.2. The van der Waals surface area contributed by atoms with Crippen molar-refractivity contribution in [2.24, 2.45) is 4.99 Å². The van der Waals surface area contributed by atoms with E-state index in [1.165, 1.54) is 23.9 Å². The zero-order valence-corrected chi connectivity index (χ0v) is 14.5. The van der Waals surface area contributed by atoms with E-state index in [1.54, 1.807) is 18.6 Å². The van der Waals surface area contributed by atoms with E-state index in [2.05, 4.69) is 19.9 Å². The molecule has 25 heavy (non-hydrogen) atoms. The molecule has 132 valence electrons. The first-order valence-electron chi connectivity index (χ1n) is 6.61. The molecular formula is C14H11F3N4O2S2. The third-order valence-corrected chi connectivity index (χ3v) is 4.14. The molecule has 0 bridgehead atoms. The highest BCUT2D eigenvalue weighted by molar-refractivity contribution is 7.98. The molecule has 0 aliphatic heterocycles. The van der Waals surface area contributed by atoms with Gasteiger partial charge < -0.3 is 5.11 Å². The van der Waals surface area contributed by atoms with Crippen LogP contribution in [0.5, 0.6) is 0 Å². The number of aliphatic hydroxyl groups excluding tert-OH is 1. The number of carbonyl (C=O) groups is 1. The van der Waals surface area contributed by atoms with Gasteiger partial charge in [-0.25, -0.2) is 9.98 Å². The van der Waals surface area contributed by atoms with E-state index in [1.807, 2.05) is 0 Å². The van der Waals surface area contributed by atoms with Gasteiger partial charge in [0.25, 0.3) is 11.7 Å². The Bertz CT molecular complexity index is 833. The maximum atomic E-state index is 12.8. The maximum absolute atomic E-state index is 12.8. The van der Waals surface area contributed by atoms with Crippen molar-refractivity contribution in [2.45, 2.75) is 18.3 Å². The Labute approximate surface area is 148 Å². The van der Waals surface area contributed by atoms with Crippen LogP contribution in [0.15, 0.2) is 33.2 Å². The molecule has 0 fully saturated rings. The average Bonchev–Trinajstić information content (AvgIpc) is 3.07. The number of halogens is 3. The van der Waals surface area contributed by atoms with Gasteiger partial charge >= 0.3 is 6.18 Å². The normalized spacial score (nSPS) is 13.2. The molecule has 0 aliphatic carbocycles. The number of ketones is 1. The number of hydrogen-bond donors (Lipinski definition) is 1. The number of aliphatic hydroxyl groups is 1. The number of carbonyl (C=O) groups excluding carboxylic acids is 1. The third kappa shape index (κ3) is 4.86. The highest BCUT2D eigenvalue weighted by Gasteiger charge is 2.41. The molecule has 2 rings (SSSR count). The Hall–Kier alpha value is -2.27. The number of thioether (sulfide) groups is 1. The fourth-order valence-corrected chi connectivity index (χ4v) is 2.72. The number of hydrogen-bond acceptors (Lipinski definition) is 8. The van der Waals surface area contributed by atoms with Crippen LogP contribution >= 0.6 is 23.1 Å². The smallest absolute Gasteiger partial charge is 0.455 e. The highest BCUT2D eigenvalue weighted by Crippen LogP contribution is 2.27. The second-order valence-corrected chi connectivity index (χ2v) is 6.22. The van der Waals surface area contributed by atoms with Crippen molar-refractivity contribution in [3.8, 4) is 0 Å². The minimum Gasteiger partial charge on any atom is -0.506 e. The first-order chi connectivity index (χ1) is 11.7. The molecule has 11 heteroatoms. The van der Waals surface area contributed by atoms with Crippen LogP contribution in [0.25, 0.3) is 5.76 Å². The van der Waals surface area contributed by atoms with Crippen LogP contribution in [0, 0.1) is 6.92 Å². The largest absolute Gasteiger partial charge is 0.506 e. The minimum atomic E-state index is -5.16. The summed E-state index contributed by atoms with van der Waals surface area (Å²) in [5.41, 5.74) is -0.987. The molecule has 6 nitrogen and oxygen atoms in total. The van der Waals surface area contributed by atoms with Gasteiger partial charge in [-0.2, -0.15) is 23.1 Å². The summed E-state index contributed by atoms with van der Waals surface area (Å²) in [4.78, 5) is 27.2. The van der Waals surface area contributed by atoms with Gasteiger partial charge in [-0.15, -0.1) is 11.3 Å². The Morgan fingerprint density at radius 3 is 2.64 bits per heavy atom. The molecule has 0 aromatic carbocycles. The summed E-state index contributed by atoms with van der Waals surface area (Å²) < 4.78 is 38.4. The number of allylic oxidation sites excluding steroid dienone is 1. The molecule has 0 amide bonds. The van der Waals surface area contributed by atoms with E-state index < -0.39 is 23.3 Å². The van der Waals surface area contributed by atoms with Crippen molar-refractivity contribution >= 4 is 46.8 Å². The van der Waals surface area contributed by atoms with Crippen molar-refractivity contribution in [3.63, 3.8) is 0 Å². The van der Waals surface area contributed by atoms with Crippen molar-refractivity contribution < 1.29 is 23.1 Å². The van der Waals surface area contributed by atoms with E-state index in [-0.39, 0.29) is 10.8 Å². The Morgan fingerprint density at radius 1 is 1.36 bits per heavy atom. The second-order valence-electron chi connectivity index (χ2n) is 4.49. The van der Waals surface area contributed by atoms with Crippen LogP contribution < -0.4 is 0 Å². The van der Waals surface area contributed by atoms with Gasteiger partial charge in [-0.3, -0.25) is 4.79 Å². The fourth-order valence-electron chi connectivity index (χ4n) is 1.64. The molecular weight excluding hydrogens is 377 g/mol. The first-order valence-corrected chi connectivity index (χ1v) is 8.72. The number of thiophene rings is 1. The predicted molar refractivity (Wildman–Crippen MR) is 89.4 cm³/mol. The summed E-state index contributed by atoms with van der Waals surface area (Å²) in [7, 11) is 0. The molecule has 0 aliphatic rings. The molecule has 2 heterocycles. The van der Waals surface area contributed by atoms with E-state index in [9.17, 15) is 23.1 Å². The molecule has 0 saturated carbocycles. The van der Waals surface area contributed by atoms with Gasteiger partial charge in [-0.1, -0.05) is 17.8 Å². The molecule has 2 aromatic heterocycles. The van der Waals surface area contributed by atoms with Gasteiger partial charge in [-0.05, 0) is 24.6 Å². The van der Waals surface area contributed by atoms with Crippen LogP contribution in [-0.4, -0.2) is 44.5 Å². The van der Waals surface area contributed by atoms with Crippen LogP contribution in [0.3, 0.4) is 0 Å². The summed E-state index contributed by atoms with van der Waals surface area (Å²) >= 11 is 2.19. The van der Waals surface area contributed by atoms with Crippen molar-refractivity contribution in [1.29, 1.82) is 0 Å². The first kappa shape index (κ1) is 19.1. The van der Waals surface area contributed by atoms with Crippen LogP contribution in [0.4, 0.5) is 19.1 Å². The molecule has 0 radical (unpaired) electrons. The van der Waals surface area contributed by atoms with Gasteiger partial charge in [0.2, 0.25) is 0 Å². The SMILES string of the molecule is CSc1nc(C)nc(N=CC(C(=O)C(F)(F)F)=C(O)c2cccs2)n1. The van der Waals surface area contributed by atoms with Crippen molar-refractivity contribution in [2.75, 3.05) is 6.26 Å². The summed E-state index contributed by atoms with van der Waals surface area (Å²) in [5, 5.41) is 11.9. The number of alkyl halides is 3. The maximum Gasteiger partial charge on any atom is 0.455 e. The van der Waals surface area contributed by atoms with E-state index in [4.69, 9.17) is 0 Å². The topological polar surface area (TPSA) is 88.3 Å². The number of Topliss-reactive ketones (excluding diaryl/α,β-unsaturated/α-hetero) is 1. The summed E-state index contributed by atoms with van der Waals surface area (Å²) in [6.45, 7) is 1.57. The monoisotopic (exact) mass is 388 g/mol. The molecule has 0 atom stereocenters. The summed E-state index contributed by atoms with van der Waals surface area (Å²) in [6, 6.07) is 2.92. The zero-order chi connectivity index (χ0) is 18.6. The quantitative estimate of drug-likeness (QED) is 0.363. The number of aliphatic imine (C=N–C) groups is 1. The Morgan fingerprint density at radius 2 is 2.08 bits per heavy atom. The fraction of sp³-hybridized carbons (Fsp3) is 0.214. The van der Waals surface area contributed by atoms with E-state index in [0.29, 0.717) is 17.2 Å². The Kier molecular flexibility index (Phi) is 5.90. The van der Waals surface area contributed by atoms with Gasteiger partial charge in [0.05, 0.1) is 10.5 Å². The molecule has 0 saturated heterocycles. The lowest BCUT2D eigenvalue weighted by Gasteiger charge is -2.07. The summed E-state index contributed by atoms with van der Waals surface area (Å²) in [5.74, 6) is -2.86. The van der Waals surface area contributed by atoms with Gasteiger partial charge in [0.1, 0.15) is 11.6 Å². The lowest BCUT2D eigenvalue weighted by Crippen LogP contribution is -2.26. The van der Waals surface area contributed by atoms with Crippen LogP contribution in [0.2, 0.25) is 0 Å². The Balaban J connectivity index is 2.49. The number of nitrogens with zero attached hydrogens (tertiary/aromatic N) is 4. The van der Waals surface area contributed by atoms with Crippen molar-refractivity contribution in [1.82, 2.24) is 15.0 Å². The molecule has 0 spiro atoms. The van der Waals surface area contributed by atoms with Crippen molar-refractivity contribution in [3.05, 3.63) is 33.8 Å². The minimum absolute atomic E-state index is 0.107.